The zero-order chi connectivity index (χ0) is 15.1. The number of rotatable bonds is 3. The van der Waals surface area contributed by atoms with Crippen molar-refractivity contribution in [2.45, 2.75) is 72.4 Å². The van der Waals surface area contributed by atoms with Crippen molar-refractivity contribution in [1.29, 1.82) is 0 Å². The fourth-order valence-corrected chi connectivity index (χ4v) is 1.07. The molecule has 110 valence electrons. The van der Waals surface area contributed by atoms with Gasteiger partial charge in [0.2, 0.25) is 0 Å². The van der Waals surface area contributed by atoms with Crippen LogP contribution >= 0.6 is 0 Å². The molecule has 0 aliphatic carbocycles. The van der Waals surface area contributed by atoms with Crippen LogP contribution in [0.2, 0.25) is 0 Å². The van der Waals surface area contributed by atoms with Crippen molar-refractivity contribution in [2.24, 2.45) is 0 Å². The van der Waals surface area contributed by atoms with Crippen LogP contribution < -0.4 is 5.32 Å². The quantitative estimate of drug-likeness (QED) is 0.855. The van der Waals surface area contributed by atoms with Crippen LogP contribution in [0.1, 0.15) is 48.5 Å². The number of alkyl halides is 3. The normalized spacial score (nSPS) is 15.2. The first-order valence-corrected chi connectivity index (χ1v) is 5.99. The van der Waals surface area contributed by atoms with Crippen molar-refractivity contribution in [3.63, 3.8) is 0 Å². The molecule has 18 heavy (non-hydrogen) atoms. The lowest BCUT2D eigenvalue weighted by Gasteiger charge is -2.29. The minimum absolute atomic E-state index is 0.462. The summed E-state index contributed by atoms with van der Waals surface area (Å²) in [5.74, 6) is -1.94. The number of amides is 1. The van der Waals surface area contributed by atoms with E-state index in [1.54, 1.807) is 27.7 Å². The first-order chi connectivity index (χ1) is 7.93. The van der Waals surface area contributed by atoms with Gasteiger partial charge < -0.3 is 10.1 Å². The van der Waals surface area contributed by atoms with Gasteiger partial charge in [0.25, 0.3) is 0 Å². The molecule has 0 bridgehead atoms. The van der Waals surface area contributed by atoms with E-state index in [9.17, 15) is 18.0 Å². The van der Waals surface area contributed by atoms with E-state index < -0.39 is 29.8 Å². The second-order valence-corrected chi connectivity index (χ2v) is 4.70. The molecule has 0 aliphatic rings. The SMILES string of the molecule is CC.CC(NC(=O)C(F)(F)F)C(C)OC(C)(C)C. The largest absolute Gasteiger partial charge is 0.471 e. The fraction of sp³-hybridized carbons (Fsp3) is 0.917. The van der Waals surface area contributed by atoms with Crippen LogP contribution in [-0.4, -0.2) is 29.8 Å². The minimum atomic E-state index is -4.85. The van der Waals surface area contributed by atoms with Gasteiger partial charge in [-0.25, -0.2) is 0 Å². The molecular formula is C12H24F3NO2. The lowest BCUT2D eigenvalue weighted by Crippen LogP contribution is -2.48. The fourth-order valence-electron chi connectivity index (χ4n) is 1.07. The van der Waals surface area contributed by atoms with E-state index in [1.807, 2.05) is 19.2 Å². The van der Waals surface area contributed by atoms with Gasteiger partial charge in [-0.05, 0) is 34.6 Å². The van der Waals surface area contributed by atoms with Crippen molar-refractivity contribution >= 4 is 5.91 Å². The highest BCUT2D eigenvalue weighted by molar-refractivity contribution is 5.81. The van der Waals surface area contributed by atoms with E-state index in [-0.39, 0.29) is 0 Å². The lowest BCUT2D eigenvalue weighted by atomic mass is 10.1. The Balaban J connectivity index is 0. The molecule has 0 aromatic carbocycles. The first kappa shape index (κ1) is 19.6. The molecule has 1 N–H and O–H groups in total. The number of carbonyl (C=O) groups is 1. The van der Waals surface area contributed by atoms with Crippen LogP contribution in [-0.2, 0) is 9.53 Å². The molecule has 0 heterocycles. The van der Waals surface area contributed by atoms with Gasteiger partial charge >= 0.3 is 12.1 Å². The van der Waals surface area contributed by atoms with Gasteiger partial charge in [0.1, 0.15) is 0 Å². The van der Waals surface area contributed by atoms with Gasteiger partial charge in [0.05, 0.1) is 17.7 Å². The van der Waals surface area contributed by atoms with Gasteiger partial charge in [-0.3, -0.25) is 4.79 Å². The van der Waals surface area contributed by atoms with Crippen LogP contribution in [0.4, 0.5) is 13.2 Å². The van der Waals surface area contributed by atoms with Gasteiger partial charge in [0, 0.05) is 0 Å². The van der Waals surface area contributed by atoms with Crippen LogP contribution in [0, 0.1) is 0 Å². The van der Waals surface area contributed by atoms with Crippen LogP contribution in [0.3, 0.4) is 0 Å². The lowest BCUT2D eigenvalue weighted by molar-refractivity contribution is -0.175. The van der Waals surface area contributed by atoms with Crippen LogP contribution in [0.25, 0.3) is 0 Å². The Kier molecular flexibility index (Phi) is 8.27. The van der Waals surface area contributed by atoms with E-state index in [2.05, 4.69) is 0 Å². The molecule has 0 radical (unpaired) electrons. The summed E-state index contributed by atoms with van der Waals surface area (Å²) >= 11 is 0. The standard InChI is InChI=1S/C10H18F3NO2.C2H6/c1-6(7(2)16-9(3,4)5)14-8(15)10(11,12)13;1-2/h6-7H,1-5H3,(H,14,15);1-2H3. The van der Waals surface area contributed by atoms with E-state index in [1.165, 1.54) is 6.92 Å². The zero-order valence-electron chi connectivity index (χ0n) is 12.1. The maximum Gasteiger partial charge on any atom is 0.471 e. The van der Waals surface area contributed by atoms with Crippen molar-refractivity contribution in [3.05, 3.63) is 0 Å². The molecule has 0 rings (SSSR count). The monoisotopic (exact) mass is 271 g/mol. The summed E-state index contributed by atoms with van der Waals surface area (Å²) in [6, 6.07) is -0.701. The molecule has 6 heteroatoms. The predicted molar refractivity (Wildman–Crippen MR) is 65.3 cm³/mol. The Morgan fingerprint density at radius 2 is 1.50 bits per heavy atom. The molecule has 0 spiro atoms. The molecular weight excluding hydrogens is 247 g/mol. The number of nitrogens with one attached hydrogen (secondary N) is 1. The number of ether oxygens (including phenoxy) is 1. The highest BCUT2D eigenvalue weighted by atomic mass is 19.4. The number of hydrogen-bond acceptors (Lipinski definition) is 2. The molecule has 0 saturated carbocycles. The summed E-state index contributed by atoms with van der Waals surface area (Å²) in [6.07, 6.45) is -5.35. The third kappa shape index (κ3) is 9.27. The van der Waals surface area contributed by atoms with Gasteiger partial charge in [0.15, 0.2) is 0 Å². The predicted octanol–water partition coefficient (Wildman–Crippen LogP) is 3.28. The second kappa shape index (κ2) is 7.61. The van der Waals surface area contributed by atoms with E-state index in [0.29, 0.717) is 0 Å². The smallest absolute Gasteiger partial charge is 0.371 e. The maximum atomic E-state index is 12.0. The molecule has 0 fully saturated rings. The molecule has 0 aromatic heterocycles. The van der Waals surface area contributed by atoms with Gasteiger partial charge in [-0.15, -0.1) is 0 Å². The summed E-state index contributed by atoms with van der Waals surface area (Å²) in [6.45, 7) is 12.5. The zero-order valence-corrected chi connectivity index (χ0v) is 12.1. The van der Waals surface area contributed by atoms with Crippen molar-refractivity contribution in [2.75, 3.05) is 0 Å². The Labute approximate surface area is 107 Å². The third-order valence-corrected chi connectivity index (χ3v) is 1.86. The molecule has 2 unspecified atom stereocenters. The van der Waals surface area contributed by atoms with E-state index >= 15 is 0 Å². The number of carbonyl (C=O) groups excluding carboxylic acids is 1. The molecule has 0 saturated heterocycles. The summed E-state index contributed by atoms with van der Waals surface area (Å²) in [5, 5.41) is 1.85. The van der Waals surface area contributed by atoms with Crippen LogP contribution in [0.15, 0.2) is 0 Å². The molecule has 1 amide bonds. The first-order valence-electron chi connectivity index (χ1n) is 5.99. The molecule has 3 nitrogen and oxygen atoms in total. The number of halogens is 3. The average Bonchev–Trinajstić information content (AvgIpc) is 2.16. The summed E-state index contributed by atoms with van der Waals surface area (Å²) in [4.78, 5) is 10.7. The van der Waals surface area contributed by atoms with E-state index in [0.717, 1.165) is 0 Å². The number of hydrogen-bond donors (Lipinski definition) is 1. The Hall–Kier alpha value is -0.780. The summed E-state index contributed by atoms with van der Waals surface area (Å²) < 4.78 is 41.3. The Morgan fingerprint density at radius 3 is 1.78 bits per heavy atom. The highest BCUT2D eigenvalue weighted by Gasteiger charge is 2.40. The second-order valence-electron chi connectivity index (χ2n) is 4.70. The molecule has 2 atom stereocenters. The maximum absolute atomic E-state index is 12.0. The van der Waals surface area contributed by atoms with Gasteiger partial charge in [-0.2, -0.15) is 13.2 Å². The van der Waals surface area contributed by atoms with Gasteiger partial charge in [-0.1, -0.05) is 13.8 Å². The average molecular weight is 271 g/mol. The molecule has 0 aliphatic heterocycles. The molecule has 0 aromatic rings. The Morgan fingerprint density at radius 1 is 1.11 bits per heavy atom. The highest BCUT2D eigenvalue weighted by Crippen LogP contribution is 2.17. The summed E-state index contributed by atoms with van der Waals surface area (Å²) in [7, 11) is 0. The Bertz CT molecular complexity index is 247. The summed E-state index contributed by atoms with van der Waals surface area (Å²) in [5.41, 5.74) is -0.462. The van der Waals surface area contributed by atoms with E-state index in [4.69, 9.17) is 4.74 Å². The van der Waals surface area contributed by atoms with Crippen molar-refractivity contribution < 1.29 is 22.7 Å². The topological polar surface area (TPSA) is 38.3 Å². The van der Waals surface area contributed by atoms with Crippen LogP contribution in [0.5, 0.6) is 0 Å². The minimum Gasteiger partial charge on any atom is -0.371 e. The van der Waals surface area contributed by atoms with Crippen molar-refractivity contribution in [1.82, 2.24) is 5.32 Å². The third-order valence-electron chi connectivity index (χ3n) is 1.86. The van der Waals surface area contributed by atoms with Crippen molar-refractivity contribution in [3.8, 4) is 0 Å².